The molecular weight excluding hydrogens is 434 g/mol. The topological polar surface area (TPSA) is 107 Å². The summed E-state index contributed by atoms with van der Waals surface area (Å²) >= 11 is 6.02. The highest BCUT2D eigenvalue weighted by Crippen LogP contribution is 2.36. The maximum Gasteiger partial charge on any atom is 0.419 e. The number of amides is 1. The van der Waals surface area contributed by atoms with Gasteiger partial charge in [-0.05, 0) is 48.9 Å². The van der Waals surface area contributed by atoms with Gasteiger partial charge in [0.25, 0.3) is 5.69 Å². The number of nitrogens with zero attached hydrogens (tertiary/aromatic N) is 2. The Balaban J connectivity index is 1.40. The number of nitro groups is 1. The van der Waals surface area contributed by atoms with E-state index in [0.29, 0.717) is 22.9 Å². The summed E-state index contributed by atoms with van der Waals surface area (Å²) in [4.78, 5) is 35.3. The minimum absolute atomic E-state index is 0.0553. The van der Waals surface area contributed by atoms with Crippen molar-refractivity contribution in [1.29, 1.82) is 0 Å². The predicted molar refractivity (Wildman–Crippen MR) is 121 cm³/mol. The van der Waals surface area contributed by atoms with Crippen LogP contribution in [-0.2, 0) is 11.3 Å². The number of hydrogen-bond donors (Lipinski definition) is 1. The number of oxazole rings is 1. The van der Waals surface area contributed by atoms with Gasteiger partial charge in [-0.2, -0.15) is 0 Å². The van der Waals surface area contributed by atoms with Crippen LogP contribution in [0.5, 0.6) is 0 Å². The molecule has 1 heterocycles. The van der Waals surface area contributed by atoms with E-state index in [4.69, 9.17) is 16.0 Å². The molecule has 1 N–H and O–H groups in total. The summed E-state index contributed by atoms with van der Waals surface area (Å²) in [7, 11) is 0. The Bertz CT molecular complexity index is 1180. The molecule has 32 heavy (non-hydrogen) atoms. The highest BCUT2D eigenvalue weighted by Gasteiger charge is 2.27. The van der Waals surface area contributed by atoms with Crippen LogP contribution >= 0.6 is 11.6 Å². The van der Waals surface area contributed by atoms with E-state index in [1.54, 1.807) is 0 Å². The summed E-state index contributed by atoms with van der Waals surface area (Å²) in [6.45, 7) is 0.284. The SMILES string of the molecule is O=C(CCCn1c(=O)oc2cc([N+](=O)[O-])ccc21)NC(c1ccc(Cl)cc1)C1CCCC1. The molecule has 2 aromatic carbocycles. The molecule has 1 fully saturated rings. The average Bonchev–Trinajstić information content (AvgIpc) is 3.40. The molecule has 1 unspecified atom stereocenters. The zero-order valence-corrected chi connectivity index (χ0v) is 18.2. The van der Waals surface area contributed by atoms with Gasteiger partial charge < -0.3 is 9.73 Å². The fourth-order valence-electron chi connectivity index (χ4n) is 4.46. The first-order valence-corrected chi connectivity index (χ1v) is 11.1. The predicted octanol–water partition coefficient (Wildman–Crippen LogP) is 4.98. The number of benzene rings is 2. The summed E-state index contributed by atoms with van der Waals surface area (Å²) in [6, 6.07) is 11.6. The van der Waals surface area contributed by atoms with E-state index in [1.807, 2.05) is 24.3 Å². The molecule has 8 nitrogen and oxygen atoms in total. The molecular formula is C23H24ClN3O5. The Kier molecular flexibility index (Phi) is 6.60. The quantitative estimate of drug-likeness (QED) is 0.379. The molecule has 0 bridgehead atoms. The molecule has 1 saturated carbocycles. The number of halogens is 1. The lowest BCUT2D eigenvalue weighted by Gasteiger charge is -2.25. The van der Waals surface area contributed by atoms with Gasteiger partial charge in [0.05, 0.1) is 22.5 Å². The number of carbonyl (C=O) groups excluding carboxylic acids is 1. The second-order valence-corrected chi connectivity index (χ2v) is 8.61. The lowest BCUT2D eigenvalue weighted by atomic mass is 9.91. The van der Waals surface area contributed by atoms with Gasteiger partial charge >= 0.3 is 5.76 Å². The molecule has 0 spiro atoms. The molecule has 4 rings (SSSR count). The molecule has 1 aliphatic carbocycles. The van der Waals surface area contributed by atoms with Crippen molar-refractivity contribution in [2.45, 2.75) is 51.1 Å². The number of non-ortho nitro benzene ring substituents is 1. The monoisotopic (exact) mass is 457 g/mol. The third kappa shape index (κ3) is 4.85. The second kappa shape index (κ2) is 9.56. The Morgan fingerprint density at radius 3 is 2.62 bits per heavy atom. The Morgan fingerprint density at radius 1 is 1.22 bits per heavy atom. The van der Waals surface area contributed by atoms with Crippen LogP contribution in [0.2, 0.25) is 5.02 Å². The molecule has 1 atom stereocenters. The van der Waals surface area contributed by atoms with Gasteiger partial charge in [-0.25, -0.2) is 4.79 Å². The minimum atomic E-state index is -0.592. The number of nitro benzene ring substituents is 1. The van der Waals surface area contributed by atoms with Crippen LogP contribution in [0.3, 0.4) is 0 Å². The number of carbonyl (C=O) groups is 1. The van der Waals surface area contributed by atoms with Crippen LogP contribution in [0.15, 0.2) is 51.7 Å². The third-order valence-corrected chi connectivity index (χ3v) is 6.32. The smallest absolute Gasteiger partial charge is 0.407 e. The first kappa shape index (κ1) is 22.1. The zero-order chi connectivity index (χ0) is 22.7. The van der Waals surface area contributed by atoms with Gasteiger partial charge in [-0.1, -0.05) is 36.6 Å². The molecule has 168 valence electrons. The number of aryl methyl sites for hydroxylation is 1. The number of aromatic nitrogens is 1. The fourth-order valence-corrected chi connectivity index (χ4v) is 4.58. The van der Waals surface area contributed by atoms with Crippen LogP contribution < -0.4 is 11.1 Å². The summed E-state index contributed by atoms with van der Waals surface area (Å²) in [5.41, 5.74) is 1.55. The van der Waals surface area contributed by atoms with Crippen LogP contribution in [0, 0.1) is 16.0 Å². The van der Waals surface area contributed by atoms with Gasteiger partial charge in [0.1, 0.15) is 0 Å². The van der Waals surface area contributed by atoms with Gasteiger partial charge in [-0.15, -0.1) is 0 Å². The van der Waals surface area contributed by atoms with Crippen molar-refractivity contribution >= 4 is 34.3 Å². The first-order valence-electron chi connectivity index (χ1n) is 10.7. The van der Waals surface area contributed by atoms with Crippen LogP contribution in [0.25, 0.3) is 11.1 Å². The molecule has 0 saturated heterocycles. The number of rotatable bonds is 8. The number of nitrogens with one attached hydrogen (secondary N) is 1. The zero-order valence-electron chi connectivity index (χ0n) is 17.5. The second-order valence-electron chi connectivity index (χ2n) is 8.17. The van der Waals surface area contributed by atoms with Crippen molar-refractivity contribution in [2.24, 2.45) is 5.92 Å². The molecule has 0 aliphatic heterocycles. The van der Waals surface area contributed by atoms with Crippen molar-refractivity contribution in [3.05, 3.63) is 73.7 Å². The molecule has 0 radical (unpaired) electrons. The van der Waals surface area contributed by atoms with E-state index >= 15 is 0 Å². The van der Waals surface area contributed by atoms with Crippen LogP contribution in [0.1, 0.15) is 50.1 Å². The normalized spacial score (nSPS) is 15.2. The van der Waals surface area contributed by atoms with E-state index in [-0.39, 0.29) is 36.2 Å². The van der Waals surface area contributed by atoms with E-state index in [2.05, 4.69) is 5.32 Å². The van der Waals surface area contributed by atoms with Gasteiger partial charge in [-0.3, -0.25) is 19.5 Å². The summed E-state index contributed by atoms with van der Waals surface area (Å²) < 4.78 is 6.54. The average molecular weight is 458 g/mol. The van der Waals surface area contributed by atoms with Crippen LogP contribution in [0.4, 0.5) is 5.69 Å². The molecule has 1 aromatic heterocycles. The first-order chi connectivity index (χ1) is 15.4. The largest absolute Gasteiger partial charge is 0.419 e. The Labute approximate surface area is 189 Å². The molecule has 9 heteroatoms. The number of hydrogen-bond acceptors (Lipinski definition) is 5. The highest BCUT2D eigenvalue weighted by molar-refractivity contribution is 6.30. The Morgan fingerprint density at radius 2 is 1.94 bits per heavy atom. The van der Waals surface area contributed by atoms with Crippen molar-refractivity contribution in [1.82, 2.24) is 9.88 Å². The fraction of sp³-hybridized carbons (Fsp3) is 0.391. The van der Waals surface area contributed by atoms with Crippen molar-refractivity contribution in [3.8, 4) is 0 Å². The maximum absolute atomic E-state index is 12.7. The van der Waals surface area contributed by atoms with E-state index in [9.17, 15) is 19.7 Å². The maximum atomic E-state index is 12.7. The van der Waals surface area contributed by atoms with Gasteiger partial charge in [0.15, 0.2) is 5.58 Å². The summed E-state index contributed by atoms with van der Waals surface area (Å²) in [6.07, 6.45) is 5.18. The van der Waals surface area contributed by atoms with Crippen molar-refractivity contribution in [2.75, 3.05) is 0 Å². The molecule has 3 aromatic rings. The number of fused-ring (bicyclic) bond motifs is 1. The van der Waals surface area contributed by atoms with Gasteiger partial charge in [0.2, 0.25) is 5.91 Å². The van der Waals surface area contributed by atoms with E-state index < -0.39 is 10.7 Å². The summed E-state index contributed by atoms with van der Waals surface area (Å²) in [5, 5.41) is 14.8. The standard InChI is InChI=1S/C23H24ClN3O5/c24-17-9-7-16(8-10-17)22(15-4-1-2-5-15)25-21(28)6-3-13-26-19-12-11-18(27(30)31)14-20(19)32-23(26)29/h7-12,14-15,22H,1-6,13H2,(H,25,28). The van der Waals surface area contributed by atoms with Crippen LogP contribution in [-0.4, -0.2) is 15.4 Å². The lowest BCUT2D eigenvalue weighted by molar-refractivity contribution is -0.384. The molecule has 1 aliphatic rings. The van der Waals surface area contributed by atoms with Gasteiger partial charge in [0, 0.05) is 24.1 Å². The minimum Gasteiger partial charge on any atom is -0.407 e. The van der Waals surface area contributed by atoms with Crippen molar-refractivity contribution < 1.29 is 14.1 Å². The highest BCUT2D eigenvalue weighted by atomic mass is 35.5. The summed E-state index contributed by atoms with van der Waals surface area (Å²) in [5.74, 6) is -0.268. The van der Waals surface area contributed by atoms with E-state index in [1.165, 1.54) is 35.6 Å². The molecule has 1 amide bonds. The third-order valence-electron chi connectivity index (χ3n) is 6.07. The lowest BCUT2D eigenvalue weighted by Crippen LogP contribution is -2.32. The Hall–Kier alpha value is -3.13. The van der Waals surface area contributed by atoms with E-state index in [0.717, 1.165) is 18.4 Å². The van der Waals surface area contributed by atoms with Crippen molar-refractivity contribution in [3.63, 3.8) is 0 Å².